The van der Waals surface area contributed by atoms with Gasteiger partial charge >= 0.3 is 0 Å². The fourth-order valence-electron chi connectivity index (χ4n) is 3.93. The van der Waals surface area contributed by atoms with Crippen molar-refractivity contribution in [3.05, 3.63) is 60.7 Å². The van der Waals surface area contributed by atoms with Crippen LogP contribution in [0.4, 0.5) is 0 Å². The minimum Gasteiger partial charge on any atom is -0.407 e. The highest BCUT2D eigenvalue weighted by Crippen LogP contribution is 2.38. The van der Waals surface area contributed by atoms with E-state index >= 15 is 0 Å². The molecule has 0 saturated heterocycles. The van der Waals surface area contributed by atoms with Gasteiger partial charge in [0.15, 0.2) is 0 Å². The number of benzene rings is 2. The molecule has 0 unspecified atom stereocenters. The van der Waals surface area contributed by atoms with Crippen molar-refractivity contribution >= 4 is 18.7 Å². The van der Waals surface area contributed by atoms with E-state index in [1.165, 1.54) is 10.4 Å². The Morgan fingerprint density at radius 3 is 1.75 bits per heavy atom. The van der Waals surface area contributed by atoms with Crippen LogP contribution in [-0.4, -0.2) is 21.0 Å². The van der Waals surface area contributed by atoms with Gasteiger partial charge in [-0.15, -0.1) is 0 Å². The van der Waals surface area contributed by atoms with E-state index in [9.17, 15) is 0 Å². The van der Waals surface area contributed by atoms with Crippen molar-refractivity contribution in [3.63, 3.8) is 0 Å². The highest BCUT2D eigenvalue weighted by molar-refractivity contribution is 6.99. The Labute approximate surface area is 147 Å². The summed E-state index contributed by atoms with van der Waals surface area (Å²) in [5, 5.41) is 2.77. The summed E-state index contributed by atoms with van der Waals surface area (Å²) in [5.41, 5.74) is 5.97. The molecule has 2 aromatic carbocycles. The van der Waals surface area contributed by atoms with Crippen LogP contribution < -0.4 is 16.1 Å². The number of nitrogens with two attached hydrogens (primary N) is 1. The molecule has 0 radical (unpaired) electrons. The lowest BCUT2D eigenvalue weighted by Gasteiger charge is -2.45. The fourth-order valence-corrected chi connectivity index (χ4v) is 8.57. The van der Waals surface area contributed by atoms with Gasteiger partial charge < -0.3 is 10.2 Å². The lowest BCUT2D eigenvalue weighted by atomic mass is 9.82. The van der Waals surface area contributed by atoms with E-state index in [1.807, 2.05) is 0 Å². The maximum Gasteiger partial charge on any atom is 0.261 e. The summed E-state index contributed by atoms with van der Waals surface area (Å²) in [6.07, 6.45) is 2.19. The van der Waals surface area contributed by atoms with Crippen molar-refractivity contribution in [2.75, 3.05) is 6.61 Å². The van der Waals surface area contributed by atoms with Gasteiger partial charge in [-0.25, -0.2) is 0 Å². The standard InChI is InChI=1S/C21H29NOSi/c1-21(2,3)24(19-10-6-4-7-11-19,20-12-8-5-9-13-20)23-16-17-14-18(22)15-17/h4-13,17-18H,14-16,22H2,1-3H3. The van der Waals surface area contributed by atoms with Gasteiger partial charge in [-0.05, 0) is 34.2 Å². The average Bonchev–Trinajstić information content (AvgIpc) is 2.54. The first-order valence-electron chi connectivity index (χ1n) is 8.94. The van der Waals surface area contributed by atoms with E-state index in [0.29, 0.717) is 12.0 Å². The highest BCUT2D eigenvalue weighted by atomic mass is 28.4. The molecule has 0 bridgehead atoms. The number of hydrogen-bond donors (Lipinski definition) is 1. The van der Waals surface area contributed by atoms with Crippen molar-refractivity contribution < 1.29 is 4.43 Å². The molecule has 2 aromatic rings. The third kappa shape index (κ3) is 3.21. The van der Waals surface area contributed by atoms with Crippen LogP contribution in [0.1, 0.15) is 33.6 Å². The summed E-state index contributed by atoms with van der Waals surface area (Å²) < 4.78 is 6.90. The molecule has 3 rings (SSSR count). The Hall–Kier alpha value is -1.42. The molecule has 0 amide bonds. The van der Waals surface area contributed by atoms with Gasteiger partial charge in [0.1, 0.15) is 0 Å². The first kappa shape index (κ1) is 17.4. The number of hydrogen-bond acceptors (Lipinski definition) is 2. The van der Waals surface area contributed by atoms with Crippen LogP contribution >= 0.6 is 0 Å². The summed E-state index contributed by atoms with van der Waals surface area (Å²) in [6.45, 7) is 7.80. The third-order valence-corrected chi connectivity index (χ3v) is 10.2. The Bertz CT molecular complexity index is 605. The van der Waals surface area contributed by atoms with E-state index in [1.54, 1.807) is 0 Å². The first-order valence-corrected chi connectivity index (χ1v) is 10.8. The monoisotopic (exact) mass is 339 g/mol. The van der Waals surface area contributed by atoms with Crippen LogP contribution in [0.2, 0.25) is 5.04 Å². The maximum atomic E-state index is 6.90. The van der Waals surface area contributed by atoms with E-state index in [-0.39, 0.29) is 5.04 Å². The minimum atomic E-state index is -2.36. The second-order valence-corrected chi connectivity index (χ2v) is 12.4. The smallest absolute Gasteiger partial charge is 0.261 e. The molecule has 0 heterocycles. The summed E-state index contributed by atoms with van der Waals surface area (Å²) >= 11 is 0. The van der Waals surface area contributed by atoms with E-state index in [2.05, 4.69) is 81.4 Å². The van der Waals surface area contributed by atoms with Crippen LogP contribution in [0, 0.1) is 5.92 Å². The summed E-state index contributed by atoms with van der Waals surface area (Å²) in [5.74, 6) is 0.613. The largest absolute Gasteiger partial charge is 0.407 e. The number of rotatable bonds is 5. The van der Waals surface area contributed by atoms with Crippen molar-refractivity contribution in [1.29, 1.82) is 0 Å². The van der Waals surface area contributed by atoms with Gasteiger partial charge in [-0.2, -0.15) is 0 Å². The SMILES string of the molecule is CC(C)(C)[Si](OCC1CC(N)C1)(c1ccccc1)c1ccccc1. The third-order valence-electron chi connectivity index (χ3n) is 5.22. The first-order chi connectivity index (χ1) is 11.4. The average molecular weight is 340 g/mol. The summed E-state index contributed by atoms with van der Waals surface area (Å²) in [4.78, 5) is 0. The molecule has 128 valence electrons. The molecule has 2 nitrogen and oxygen atoms in total. The predicted octanol–water partition coefficient (Wildman–Crippen LogP) is 3.30. The zero-order valence-electron chi connectivity index (χ0n) is 15.0. The van der Waals surface area contributed by atoms with E-state index in [4.69, 9.17) is 10.2 Å². The topological polar surface area (TPSA) is 35.2 Å². The van der Waals surface area contributed by atoms with Gasteiger partial charge in [0.2, 0.25) is 0 Å². The molecular weight excluding hydrogens is 310 g/mol. The highest BCUT2D eigenvalue weighted by Gasteiger charge is 2.50. The fraction of sp³-hybridized carbons (Fsp3) is 0.429. The van der Waals surface area contributed by atoms with Crippen molar-refractivity contribution in [2.45, 2.75) is 44.7 Å². The zero-order valence-corrected chi connectivity index (χ0v) is 16.0. The second kappa shape index (κ2) is 6.83. The van der Waals surface area contributed by atoms with Crippen molar-refractivity contribution in [2.24, 2.45) is 11.7 Å². The van der Waals surface area contributed by atoms with Crippen molar-refractivity contribution in [3.8, 4) is 0 Å². The molecule has 1 fully saturated rings. The van der Waals surface area contributed by atoms with Gasteiger partial charge in [0.25, 0.3) is 8.32 Å². The van der Waals surface area contributed by atoms with Crippen LogP contribution in [0.25, 0.3) is 0 Å². The Morgan fingerprint density at radius 2 is 1.38 bits per heavy atom. The van der Waals surface area contributed by atoms with Crippen LogP contribution in [0.5, 0.6) is 0 Å². The van der Waals surface area contributed by atoms with Crippen LogP contribution in [0.15, 0.2) is 60.7 Å². The predicted molar refractivity (Wildman–Crippen MR) is 104 cm³/mol. The molecule has 3 heteroatoms. The second-order valence-electron chi connectivity index (χ2n) is 8.07. The minimum absolute atomic E-state index is 0.0571. The molecule has 0 aromatic heterocycles. The van der Waals surface area contributed by atoms with Crippen LogP contribution in [-0.2, 0) is 4.43 Å². The molecular formula is C21H29NOSi. The Balaban J connectivity index is 2.03. The van der Waals surface area contributed by atoms with E-state index in [0.717, 1.165) is 19.4 Å². The molecule has 1 saturated carbocycles. The quantitative estimate of drug-likeness (QED) is 0.848. The lowest BCUT2D eigenvalue weighted by Crippen LogP contribution is -2.67. The molecule has 0 spiro atoms. The lowest BCUT2D eigenvalue weighted by molar-refractivity contribution is 0.152. The van der Waals surface area contributed by atoms with Gasteiger partial charge in [0, 0.05) is 12.6 Å². The molecule has 24 heavy (non-hydrogen) atoms. The molecule has 0 atom stereocenters. The maximum absolute atomic E-state index is 6.90. The Morgan fingerprint density at radius 1 is 0.917 bits per heavy atom. The zero-order chi connectivity index (χ0) is 17.2. The van der Waals surface area contributed by atoms with Gasteiger partial charge in [0.05, 0.1) is 0 Å². The summed E-state index contributed by atoms with van der Waals surface area (Å²) in [6, 6.07) is 22.1. The van der Waals surface area contributed by atoms with Gasteiger partial charge in [-0.3, -0.25) is 0 Å². The van der Waals surface area contributed by atoms with Crippen LogP contribution in [0.3, 0.4) is 0 Å². The summed E-state index contributed by atoms with van der Waals surface area (Å²) in [7, 11) is -2.36. The molecule has 1 aliphatic rings. The normalized spacial score (nSPS) is 21.3. The van der Waals surface area contributed by atoms with Crippen molar-refractivity contribution in [1.82, 2.24) is 0 Å². The molecule has 1 aliphatic carbocycles. The van der Waals surface area contributed by atoms with Gasteiger partial charge in [-0.1, -0.05) is 81.4 Å². The molecule has 2 N–H and O–H groups in total. The Kier molecular flexibility index (Phi) is 4.95. The van der Waals surface area contributed by atoms with E-state index < -0.39 is 8.32 Å². The molecule has 0 aliphatic heterocycles.